The second-order valence-electron chi connectivity index (χ2n) is 8.77. The quantitative estimate of drug-likeness (QED) is 0.479. The van der Waals surface area contributed by atoms with E-state index in [1.54, 1.807) is 0 Å². The van der Waals surface area contributed by atoms with Gasteiger partial charge in [0.2, 0.25) is 0 Å². The van der Waals surface area contributed by atoms with Gasteiger partial charge in [-0.2, -0.15) is 0 Å². The highest BCUT2D eigenvalue weighted by atomic mass is 16.5. The van der Waals surface area contributed by atoms with Crippen LogP contribution < -0.4 is 0 Å². The predicted octanol–water partition coefficient (Wildman–Crippen LogP) is 4.65. The maximum absolute atomic E-state index is 11.7. The fourth-order valence-corrected chi connectivity index (χ4v) is 4.38. The van der Waals surface area contributed by atoms with Crippen LogP contribution in [-0.2, 0) is 9.53 Å². The van der Waals surface area contributed by atoms with Crippen LogP contribution in [0.1, 0.15) is 73.6 Å². The van der Waals surface area contributed by atoms with E-state index in [-0.39, 0.29) is 5.97 Å². The van der Waals surface area contributed by atoms with Gasteiger partial charge in [-0.1, -0.05) is 48.0 Å². The van der Waals surface area contributed by atoms with Crippen molar-refractivity contribution in [3.05, 3.63) is 0 Å². The van der Waals surface area contributed by atoms with Crippen LogP contribution in [-0.4, -0.2) is 43.2 Å². The van der Waals surface area contributed by atoms with Crippen LogP contribution >= 0.6 is 0 Å². The first-order valence-electron chi connectivity index (χ1n) is 9.76. The van der Waals surface area contributed by atoms with Gasteiger partial charge >= 0.3 is 5.97 Å². The molecule has 23 heavy (non-hydrogen) atoms. The summed E-state index contributed by atoms with van der Waals surface area (Å²) < 4.78 is 6.42. The van der Waals surface area contributed by atoms with Crippen LogP contribution in [0.4, 0.5) is 0 Å². The van der Waals surface area contributed by atoms with E-state index in [9.17, 15) is 4.79 Å². The van der Waals surface area contributed by atoms with Crippen molar-refractivity contribution in [3.63, 3.8) is 0 Å². The van der Waals surface area contributed by atoms with Crippen LogP contribution in [0.3, 0.4) is 0 Å². The van der Waals surface area contributed by atoms with E-state index in [1.165, 1.54) is 38.8 Å². The molecule has 0 aromatic heterocycles. The summed E-state index contributed by atoms with van der Waals surface area (Å²) in [6.45, 7) is 19.0. The SMILES string of the molecule is CCC[N+]1(CC(CC)C(CC)CC(C)(C)C)CCOC(=O)CC1. The van der Waals surface area contributed by atoms with Crippen molar-refractivity contribution in [2.24, 2.45) is 17.3 Å². The second kappa shape index (κ2) is 9.05. The molecule has 3 unspecified atom stereocenters. The van der Waals surface area contributed by atoms with Gasteiger partial charge in [0.25, 0.3) is 0 Å². The number of cyclic esters (lactones) is 1. The van der Waals surface area contributed by atoms with E-state index in [0.717, 1.165) is 29.4 Å². The topological polar surface area (TPSA) is 26.3 Å². The van der Waals surface area contributed by atoms with Crippen LogP contribution in [0.25, 0.3) is 0 Å². The van der Waals surface area contributed by atoms with Gasteiger partial charge in [0.1, 0.15) is 13.2 Å². The average Bonchev–Trinajstić information content (AvgIpc) is 2.65. The molecule has 0 amide bonds. The molecule has 1 heterocycles. The fourth-order valence-electron chi connectivity index (χ4n) is 4.38. The molecule has 0 radical (unpaired) electrons. The fraction of sp³-hybridized carbons (Fsp3) is 0.950. The third-order valence-electron chi connectivity index (χ3n) is 5.53. The van der Waals surface area contributed by atoms with Gasteiger partial charge in [0.15, 0.2) is 0 Å². The third-order valence-corrected chi connectivity index (χ3v) is 5.53. The van der Waals surface area contributed by atoms with E-state index < -0.39 is 0 Å². The largest absolute Gasteiger partial charge is 0.460 e. The Balaban J connectivity index is 2.87. The highest BCUT2D eigenvalue weighted by molar-refractivity contribution is 5.69. The zero-order chi connectivity index (χ0) is 17.5. The van der Waals surface area contributed by atoms with E-state index in [1.807, 2.05) is 0 Å². The van der Waals surface area contributed by atoms with Crippen molar-refractivity contribution in [2.75, 3.05) is 32.8 Å². The highest BCUT2D eigenvalue weighted by Gasteiger charge is 2.36. The van der Waals surface area contributed by atoms with Crippen molar-refractivity contribution in [3.8, 4) is 0 Å². The molecule has 1 saturated heterocycles. The molecule has 1 aliphatic rings. The molecule has 1 fully saturated rings. The molecule has 0 aliphatic carbocycles. The molecule has 3 atom stereocenters. The van der Waals surface area contributed by atoms with Gasteiger partial charge in [0, 0.05) is 5.92 Å². The summed E-state index contributed by atoms with van der Waals surface area (Å²) in [5.41, 5.74) is 0.390. The minimum Gasteiger partial charge on any atom is -0.460 e. The maximum Gasteiger partial charge on any atom is 0.311 e. The van der Waals surface area contributed by atoms with Crippen LogP contribution in [0.2, 0.25) is 0 Å². The minimum absolute atomic E-state index is 0.00381. The number of nitrogens with zero attached hydrogens (tertiary/aromatic N) is 1. The van der Waals surface area contributed by atoms with Gasteiger partial charge in [-0.25, -0.2) is 0 Å². The molecule has 136 valence electrons. The van der Waals surface area contributed by atoms with Crippen molar-refractivity contribution < 1.29 is 14.0 Å². The van der Waals surface area contributed by atoms with Crippen LogP contribution in [0.15, 0.2) is 0 Å². The van der Waals surface area contributed by atoms with Crippen LogP contribution in [0.5, 0.6) is 0 Å². The summed E-state index contributed by atoms with van der Waals surface area (Å²) in [6.07, 6.45) is 5.57. The number of carbonyl (C=O) groups is 1. The van der Waals surface area contributed by atoms with E-state index in [2.05, 4.69) is 41.5 Å². The molecule has 0 bridgehead atoms. The van der Waals surface area contributed by atoms with Crippen molar-refractivity contribution in [1.29, 1.82) is 0 Å². The Labute approximate surface area is 144 Å². The first-order valence-corrected chi connectivity index (χ1v) is 9.76. The Morgan fingerprint density at radius 3 is 2.26 bits per heavy atom. The summed E-state index contributed by atoms with van der Waals surface area (Å²) in [4.78, 5) is 11.7. The number of quaternary nitrogens is 1. The summed E-state index contributed by atoms with van der Waals surface area (Å²) in [6, 6.07) is 0. The van der Waals surface area contributed by atoms with Crippen LogP contribution in [0, 0.1) is 17.3 Å². The third kappa shape index (κ3) is 6.82. The molecule has 1 aliphatic heterocycles. The summed E-state index contributed by atoms with van der Waals surface area (Å²) >= 11 is 0. The Bertz CT molecular complexity index is 361. The van der Waals surface area contributed by atoms with E-state index in [4.69, 9.17) is 4.74 Å². The zero-order valence-electron chi connectivity index (χ0n) is 16.5. The Morgan fingerprint density at radius 2 is 1.74 bits per heavy atom. The molecular formula is C20H40NO2+. The molecule has 0 aromatic carbocycles. The second-order valence-corrected chi connectivity index (χ2v) is 8.77. The lowest BCUT2D eigenvalue weighted by Gasteiger charge is -2.42. The van der Waals surface area contributed by atoms with E-state index in [0.29, 0.717) is 18.4 Å². The number of ether oxygens (including phenoxy) is 1. The smallest absolute Gasteiger partial charge is 0.311 e. The highest BCUT2D eigenvalue weighted by Crippen LogP contribution is 2.34. The van der Waals surface area contributed by atoms with Crippen molar-refractivity contribution in [2.45, 2.75) is 73.6 Å². The zero-order valence-corrected chi connectivity index (χ0v) is 16.5. The number of hydrogen-bond donors (Lipinski definition) is 0. The molecular weight excluding hydrogens is 286 g/mol. The Morgan fingerprint density at radius 1 is 1.09 bits per heavy atom. The summed E-state index contributed by atoms with van der Waals surface area (Å²) in [5, 5.41) is 0. The van der Waals surface area contributed by atoms with Gasteiger partial charge in [-0.3, -0.25) is 4.79 Å². The van der Waals surface area contributed by atoms with Gasteiger partial charge < -0.3 is 9.22 Å². The molecule has 0 saturated carbocycles. The standard InChI is InChI=1S/C20H40NO2/c1-7-11-21(12-10-19(22)23-14-13-21)16-18(9-3)17(8-2)15-20(4,5)6/h17-18H,7-16H2,1-6H3/q+1. The normalized spacial score (nSPS) is 25.6. The Kier molecular flexibility index (Phi) is 8.06. The molecule has 0 N–H and O–H groups in total. The lowest BCUT2D eigenvalue weighted by Crippen LogP contribution is -2.54. The Hall–Kier alpha value is -0.570. The molecule has 3 heteroatoms. The predicted molar refractivity (Wildman–Crippen MR) is 97.2 cm³/mol. The maximum atomic E-state index is 11.7. The van der Waals surface area contributed by atoms with Gasteiger partial charge in [-0.15, -0.1) is 0 Å². The van der Waals surface area contributed by atoms with E-state index >= 15 is 0 Å². The molecule has 3 nitrogen and oxygen atoms in total. The number of rotatable bonds is 8. The van der Waals surface area contributed by atoms with Crippen molar-refractivity contribution >= 4 is 5.97 Å². The summed E-state index contributed by atoms with van der Waals surface area (Å²) in [5.74, 6) is 1.53. The summed E-state index contributed by atoms with van der Waals surface area (Å²) in [7, 11) is 0. The minimum atomic E-state index is -0.00381. The first-order chi connectivity index (χ1) is 10.7. The lowest BCUT2D eigenvalue weighted by atomic mass is 9.76. The number of esters is 1. The van der Waals surface area contributed by atoms with Gasteiger partial charge in [0.05, 0.1) is 26.1 Å². The average molecular weight is 327 g/mol. The molecule has 0 aromatic rings. The van der Waals surface area contributed by atoms with Gasteiger partial charge in [-0.05, 0) is 30.6 Å². The first kappa shape index (κ1) is 20.5. The monoisotopic (exact) mass is 326 g/mol. The molecule has 0 spiro atoms. The lowest BCUT2D eigenvalue weighted by molar-refractivity contribution is -0.930. The number of hydrogen-bond acceptors (Lipinski definition) is 2. The number of carbonyl (C=O) groups excluding carboxylic acids is 1. The van der Waals surface area contributed by atoms with Crippen molar-refractivity contribution in [1.82, 2.24) is 0 Å². The molecule has 1 rings (SSSR count).